The molecule has 0 radical (unpaired) electrons. The van der Waals surface area contributed by atoms with Crippen LogP contribution in [0.5, 0.6) is 11.5 Å². The summed E-state index contributed by atoms with van der Waals surface area (Å²) < 4.78 is 11.2. The van der Waals surface area contributed by atoms with E-state index in [1.54, 1.807) is 17.0 Å². The summed E-state index contributed by atoms with van der Waals surface area (Å²) in [7, 11) is 0. The summed E-state index contributed by atoms with van der Waals surface area (Å²) in [4.78, 5) is 44.9. The first-order chi connectivity index (χ1) is 21.3. The van der Waals surface area contributed by atoms with Gasteiger partial charge in [-0.25, -0.2) is 0 Å². The average Bonchev–Trinajstić information content (AvgIpc) is 3.76. The van der Waals surface area contributed by atoms with E-state index in [4.69, 9.17) is 15.2 Å². The Morgan fingerprint density at radius 3 is 2.70 bits per heavy atom. The number of carbonyl (C=O) groups excluding carboxylic acids is 2. The van der Waals surface area contributed by atoms with Crippen molar-refractivity contribution < 1.29 is 34.1 Å². The van der Waals surface area contributed by atoms with Gasteiger partial charge in [-0.05, 0) is 61.1 Å². The number of anilines is 1. The zero-order chi connectivity index (χ0) is 31.2. The number of ether oxygens (including phenoxy) is 2. The highest BCUT2D eigenvalue weighted by Crippen LogP contribution is 2.45. The number of nitrogens with two attached hydrogens (primary N) is 1. The first-order valence-corrected chi connectivity index (χ1v) is 15.7. The SMILES string of the molecule is CCCCN(C(=O)CN1C[C@H](c2cc(CO)c3c(c2)OCO3)[C@@H](C(=O)O)[C@@H]1CCCN1CCCC1=O)c1cccc(CN)c1. The van der Waals surface area contributed by atoms with E-state index in [1.807, 2.05) is 34.1 Å². The zero-order valence-corrected chi connectivity index (χ0v) is 25.5. The Hall–Kier alpha value is -3.67. The second kappa shape index (κ2) is 14.4. The molecule has 2 saturated heterocycles. The number of carboxylic acid groups (broad SMARTS) is 1. The summed E-state index contributed by atoms with van der Waals surface area (Å²) in [5.74, 6) is -1.17. The van der Waals surface area contributed by atoms with E-state index in [0.717, 1.165) is 42.6 Å². The van der Waals surface area contributed by atoms with Crippen molar-refractivity contribution in [2.45, 2.75) is 70.6 Å². The van der Waals surface area contributed by atoms with Crippen LogP contribution in [-0.4, -0.2) is 83.4 Å². The number of nitrogens with zero attached hydrogens (tertiary/aromatic N) is 3. The number of aliphatic hydroxyl groups excluding tert-OH is 1. The summed E-state index contributed by atoms with van der Waals surface area (Å²) in [5.41, 5.74) is 8.88. The Morgan fingerprint density at radius 1 is 1.16 bits per heavy atom. The van der Waals surface area contributed by atoms with E-state index < -0.39 is 23.8 Å². The van der Waals surface area contributed by atoms with E-state index >= 15 is 0 Å². The predicted molar refractivity (Wildman–Crippen MR) is 164 cm³/mol. The minimum Gasteiger partial charge on any atom is -0.481 e. The molecule has 11 nitrogen and oxygen atoms in total. The molecule has 2 aromatic rings. The molecule has 3 heterocycles. The molecule has 3 atom stereocenters. The van der Waals surface area contributed by atoms with Gasteiger partial charge in [-0.15, -0.1) is 0 Å². The second-order valence-electron chi connectivity index (χ2n) is 11.9. The number of unbranched alkanes of at least 4 members (excludes halogenated alkanes) is 1. The average molecular weight is 609 g/mol. The lowest BCUT2D eigenvalue weighted by molar-refractivity contribution is -0.143. The molecule has 3 aliphatic rings. The van der Waals surface area contributed by atoms with Crippen LogP contribution in [-0.2, 0) is 27.5 Å². The number of rotatable bonds is 14. The number of carboxylic acids is 1. The molecule has 0 spiro atoms. The molecule has 0 bridgehead atoms. The topological polar surface area (TPSA) is 146 Å². The van der Waals surface area contributed by atoms with Crippen molar-refractivity contribution in [2.24, 2.45) is 11.7 Å². The van der Waals surface area contributed by atoms with Gasteiger partial charge in [0.05, 0.1) is 19.1 Å². The molecule has 0 saturated carbocycles. The van der Waals surface area contributed by atoms with Gasteiger partial charge >= 0.3 is 5.97 Å². The fourth-order valence-electron chi connectivity index (χ4n) is 6.88. The number of aliphatic carboxylic acids is 1. The first-order valence-electron chi connectivity index (χ1n) is 15.7. The summed E-state index contributed by atoms with van der Waals surface area (Å²) in [6.07, 6.45) is 4.31. The van der Waals surface area contributed by atoms with Crippen LogP contribution in [0.3, 0.4) is 0 Å². The molecule has 5 rings (SSSR count). The maximum Gasteiger partial charge on any atom is 0.308 e. The Balaban J connectivity index is 1.44. The number of hydrogen-bond acceptors (Lipinski definition) is 8. The predicted octanol–water partition coefficient (Wildman–Crippen LogP) is 3.07. The molecule has 11 heteroatoms. The Bertz CT molecular complexity index is 1350. The quantitative estimate of drug-likeness (QED) is 0.295. The molecule has 2 amide bonds. The fraction of sp³-hybridized carbons (Fsp3) is 0.545. The maximum atomic E-state index is 14.0. The van der Waals surface area contributed by atoms with E-state index in [2.05, 4.69) is 6.92 Å². The van der Waals surface area contributed by atoms with Crippen LogP contribution in [0.2, 0.25) is 0 Å². The van der Waals surface area contributed by atoms with E-state index in [0.29, 0.717) is 62.5 Å². The van der Waals surface area contributed by atoms with Crippen LogP contribution in [0.25, 0.3) is 0 Å². The lowest BCUT2D eigenvalue weighted by Gasteiger charge is -2.30. The zero-order valence-electron chi connectivity index (χ0n) is 25.5. The molecule has 4 N–H and O–H groups in total. The summed E-state index contributed by atoms with van der Waals surface area (Å²) in [6.45, 7) is 4.47. The molecule has 3 aliphatic heterocycles. The third-order valence-corrected chi connectivity index (χ3v) is 9.14. The van der Waals surface area contributed by atoms with Crippen molar-refractivity contribution in [3.63, 3.8) is 0 Å². The molecule has 0 aromatic heterocycles. The summed E-state index contributed by atoms with van der Waals surface area (Å²) in [5, 5.41) is 20.6. The number of likely N-dealkylation sites (tertiary alicyclic amines) is 2. The van der Waals surface area contributed by atoms with Gasteiger partial charge in [-0.3, -0.25) is 19.3 Å². The van der Waals surface area contributed by atoms with Crippen molar-refractivity contribution in [3.05, 3.63) is 53.1 Å². The van der Waals surface area contributed by atoms with Crippen molar-refractivity contribution in [2.75, 3.05) is 44.4 Å². The molecular weight excluding hydrogens is 564 g/mol. The smallest absolute Gasteiger partial charge is 0.308 e. The normalized spacial score (nSPS) is 21.3. The third kappa shape index (κ3) is 6.85. The lowest BCUT2D eigenvalue weighted by atomic mass is 9.83. The molecule has 2 fully saturated rings. The van der Waals surface area contributed by atoms with E-state index in [9.17, 15) is 24.6 Å². The standard InChI is InChI=1S/C33H44N4O7/c1-2-3-13-37(25-8-4-7-22(14-25)17-34)30(40)19-36-18-26(23-15-24(20-38)32-28(16-23)43-21-44-32)31(33(41)42)27(36)9-5-11-35-12-6-10-29(35)39/h4,7-8,14-16,26-27,31,38H,2-3,5-6,9-13,17-21,34H2,1H3,(H,41,42)/t26-,27+,31-/m1/s1. The van der Waals surface area contributed by atoms with Gasteiger partial charge in [-0.1, -0.05) is 25.5 Å². The van der Waals surface area contributed by atoms with Gasteiger partial charge < -0.3 is 35.2 Å². The van der Waals surface area contributed by atoms with Crippen LogP contribution in [0, 0.1) is 5.92 Å². The molecule has 0 unspecified atom stereocenters. The highest BCUT2D eigenvalue weighted by atomic mass is 16.7. The molecule has 0 aliphatic carbocycles. The monoisotopic (exact) mass is 608 g/mol. The Labute approximate surface area is 258 Å². The minimum atomic E-state index is -0.936. The van der Waals surface area contributed by atoms with Crippen LogP contribution >= 0.6 is 0 Å². The van der Waals surface area contributed by atoms with Gasteiger partial charge in [-0.2, -0.15) is 0 Å². The van der Waals surface area contributed by atoms with Gasteiger partial charge in [0.1, 0.15) is 0 Å². The van der Waals surface area contributed by atoms with Gasteiger partial charge in [0.15, 0.2) is 11.5 Å². The Morgan fingerprint density at radius 2 is 2.00 bits per heavy atom. The summed E-state index contributed by atoms with van der Waals surface area (Å²) >= 11 is 0. The number of aliphatic hydroxyl groups is 1. The van der Waals surface area contributed by atoms with Crippen LogP contribution < -0.4 is 20.1 Å². The second-order valence-corrected chi connectivity index (χ2v) is 11.9. The van der Waals surface area contributed by atoms with Crippen LogP contribution in [0.4, 0.5) is 5.69 Å². The van der Waals surface area contributed by atoms with Crippen LogP contribution in [0.1, 0.15) is 68.1 Å². The molecular formula is C33H44N4O7. The van der Waals surface area contributed by atoms with E-state index in [1.165, 1.54) is 0 Å². The van der Waals surface area contributed by atoms with Gasteiger partial charge in [0, 0.05) is 62.4 Å². The van der Waals surface area contributed by atoms with Crippen molar-refractivity contribution in [1.29, 1.82) is 0 Å². The minimum absolute atomic E-state index is 0.0379. The lowest BCUT2D eigenvalue weighted by Crippen LogP contribution is -2.45. The van der Waals surface area contributed by atoms with Crippen molar-refractivity contribution >= 4 is 23.5 Å². The number of benzene rings is 2. The Kier molecular flexibility index (Phi) is 10.4. The third-order valence-electron chi connectivity index (χ3n) is 9.14. The largest absolute Gasteiger partial charge is 0.481 e. The van der Waals surface area contributed by atoms with Crippen molar-refractivity contribution in [3.8, 4) is 11.5 Å². The molecule has 2 aromatic carbocycles. The molecule has 44 heavy (non-hydrogen) atoms. The number of fused-ring (bicyclic) bond motifs is 1. The summed E-state index contributed by atoms with van der Waals surface area (Å²) in [6, 6.07) is 10.9. The van der Waals surface area contributed by atoms with Gasteiger partial charge in [0.25, 0.3) is 0 Å². The fourth-order valence-corrected chi connectivity index (χ4v) is 6.88. The number of carbonyl (C=O) groups is 3. The van der Waals surface area contributed by atoms with Gasteiger partial charge in [0.2, 0.25) is 18.6 Å². The number of amides is 2. The molecule has 238 valence electrons. The van der Waals surface area contributed by atoms with E-state index in [-0.39, 0.29) is 31.8 Å². The highest BCUT2D eigenvalue weighted by molar-refractivity contribution is 5.95. The van der Waals surface area contributed by atoms with Crippen LogP contribution in [0.15, 0.2) is 36.4 Å². The van der Waals surface area contributed by atoms with Crippen molar-refractivity contribution in [1.82, 2.24) is 9.80 Å². The number of hydrogen-bond donors (Lipinski definition) is 3. The maximum absolute atomic E-state index is 14.0. The highest BCUT2D eigenvalue weighted by Gasteiger charge is 2.47. The first kappa shape index (κ1) is 31.7.